The quantitative estimate of drug-likeness (QED) is 0.301. The molecule has 0 fully saturated rings. The SMILES string of the molecule is C/N=C(/N)NC(=N)N(C)C. The first-order chi connectivity index (χ1) is 4.57. The predicted octanol–water partition coefficient (Wildman–Crippen LogP) is -0.983. The maximum Gasteiger partial charge on any atom is 0.197 e. The molecule has 10 heavy (non-hydrogen) atoms. The van der Waals surface area contributed by atoms with Crippen LogP contribution >= 0.6 is 0 Å². The van der Waals surface area contributed by atoms with Gasteiger partial charge in [0.15, 0.2) is 11.9 Å². The Kier molecular flexibility index (Phi) is 3.24. The summed E-state index contributed by atoms with van der Waals surface area (Å²) in [5.74, 6) is 0.474. The van der Waals surface area contributed by atoms with E-state index in [9.17, 15) is 0 Å². The Balaban J connectivity index is 3.81. The molecule has 0 heterocycles. The Morgan fingerprint density at radius 3 is 2.40 bits per heavy atom. The van der Waals surface area contributed by atoms with Crippen molar-refractivity contribution in [3.05, 3.63) is 0 Å². The molecular formula is C5H13N5. The van der Waals surface area contributed by atoms with Crippen LogP contribution in [0.2, 0.25) is 0 Å². The first-order valence-electron chi connectivity index (χ1n) is 2.83. The van der Waals surface area contributed by atoms with Gasteiger partial charge in [-0.05, 0) is 0 Å². The first-order valence-corrected chi connectivity index (χ1v) is 2.83. The van der Waals surface area contributed by atoms with Crippen LogP contribution in [0, 0.1) is 5.41 Å². The Morgan fingerprint density at radius 2 is 2.10 bits per heavy atom. The molecular weight excluding hydrogens is 130 g/mol. The highest BCUT2D eigenvalue weighted by Crippen LogP contribution is 1.71. The number of aliphatic imine (C=N–C) groups is 1. The molecule has 0 saturated carbocycles. The van der Waals surface area contributed by atoms with E-state index < -0.39 is 0 Å². The minimum atomic E-state index is 0.225. The van der Waals surface area contributed by atoms with Crippen molar-refractivity contribution in [1.29, 1.82) is 5.41 Å². The summed E-state index contributed by atoms with van der Waals surface area (Å²) in [6.45, 7) is 0. The van der Waals surface area contributed by atoms with Crippen molar-refractivity contribution in [3.8, 4) is 0 Å². The molecule has 0 aromatic heterocycles. The van der Waals surface area contributed by atoms with Crippen LogP contribution in [0.1, 0.15) is 0 Å². The van der Waals surface area contributed by atoms with E-state index in [1.54, 1.807) is 26.0 Å². The molecule has 0 aliphatic rings. The average Bonchev–Trinajstić information content (AvgIpc) is 1.87. The van der Waals surface area contributed by atoms with Crippen LogP contribution < -0.4 is 11.1 Å². The lowest BCUT2D eigenvalue weighted by Crippen LogP contribution is -2.43. The summed E-state index contributed by atoms with van der Waals surface area (Å²) in [6.07, 6.45) is 0. The average molecular weight is 143 g/mol. The number of nitrogens with one attached hydrogen (secondary N) is 2. The number of nitrogens with two attached hydrogens (primary N) is 1. The Labute approximate surface area is 60.4 Å². The molecule has 0 aliphatic carbocycles. The molecule has 0 aliphatic heterocycles. The third-order valence-corrected chi connectivity index (χ3v) is 0.935. The Morgan fingerprint density at radius 1 is 1.60 bits per heavy atom. The molecule has 0 unspecified atom stereocenters. The van der Waals surface area contributed by atoms with Crippen LogP contribution in [0.5, 0.6) is 0 Å². The van der Waals surface area contributed by atoms with Crippen molar-refractivity contribution in [2.75, 3.05) is 21.1 Å². The van der Waals surface area contributed by atoms with Crippen molar-refractivity contribution in [2.24, 2.45) is 10.7 Å². The highest BCUT2D eigenvalue weighted by molar-refractivity contribution is 5.96. The fourth-order valence-corrected chi connectivity index (χ4v) is 0.289. The van der Waals surface area contributed by atoms with E-state index in [0.717, 1.165) is 0 Å². The van der Waals surface area contributed by atoms with Crippen LogP contribution in [0.4, 0.5) is 0 Å². The lowest BCUT2D eigenvalue weighted by Gasteiger charge is -2.13. The molecule has 0 bridgehead atoms. The van der Waals surface area contributed by atoms with E-state index in [1.165, 1.54) is 0 Å². The minimum Gasteiger partial charge on any atom is -0.370 e. The van der Waals surface area contributed by atoms with Crippen LogP contribution in [-0.2, 0) is 0 Å². The third kappa shape index (κ3) is 2.91. The molecule has 4 N–H and O–H groups in total. The maximum atomic E-state index is 7.23. The minimum absolute atomic E-state index is 0.225. The molecule has 5 heteroatoms. The van der Waals surface area contributed by atoms with E-state index in [1.807, 2.05) is 0 Å². The highest BCUT2D eigenvalue weighted by atomic mass is 15.3. The van der Waals surface area contributed by atoms with Gasteiger partial charge < -0.3 is 10.6 Å². The molecule has 0 aromatic rings. The topological polar surface area (TPSA) is 77.5 Å². The molecule has 0 aromatic carbocycles. The van der Waals surface area contributed by atoms with Gasteiger partial charge in [-0.3, -0.25) is 15.7 Å². The van der Waals surface area contributed by atoms with Crippen molar-refractivity contribution < 1.29 is 0 Å². The van der Waals surface area contributed by atoms with Gasteiger partial charge >= 0.3 is 0 Å². The second-order valence-corrected chi connectivity index (χ2v) is 1.98. The van der Waals surface area contributed by atoms with Crippen molar-refractivity contribution >= 4 is 11.9 Å². The van der Waals surface area contributed by atoms with Gasteiger partial charge in [0.05, 0.1) is 0 Å². The Hall–Kier alpha value is -1.26. The van der Waals surface area contributed by atoms with Gasteiger partial charge in [-0.25, -0.2) is 0 Å². The van der Waals surface area contributed by atoms with E-state index >= 15 is 0 Å². The summed E-state index contributed by atoms with van der Waals surface area (Å²) in [6, 6.07) is 0. The summed E-state index contributed by atoms with van der Waals surface area (Å²) in [5.41, 5.74) is 5.28. The number of rotatable bonds is 0. The maximum absolute atomic E-state index is 7.23. The summed E-state index contributed by atoms with van der Waals surface area (Å²) in [5, 5.41) is 9.80. The lowest BCUT2D eigenvalue weighted by atomic mass is 10.7. The van der Waals surface area contributed by atoms with Crippen LogP contribution in [0.25, 0.3) is 0 Å². The number of nitrogens with zero attached hydrogens (tertiary/aromatic N) is 2. The molecule has 0 saturated heterocycles. The smallest absolute Gasteiger partial charge is 0.197 e. The lowest BCUT2D eigenvalue weighted by molar-refractivity contribution is 0.599. The summed E-state index contributed by atoms with van der Waals surface area (Å²) < 4.78 is 0. The second kappa shape index (κ2) is 3.71. The van der Waals surface area contributed by atoms with E-state index in [-0.39, 0.29) is 11.9 Å². The fourth-order valence-electron chi connectivity index (χ4n) is 0.289. The highest BCUT2D eigenvalue weighted by Gasteiger charge is 1.97. The number of guanidine groups is 2. The molecule has 0 rings (SSSR count). The zero-order chi connectivity index (χ0) is 8.15. The van der Waals surface area contributed by atoms with Gasteiger partial charge in [0.2, 0.25) is 0 Å². The molecule has 0 amide bonds. The van der Waals surface area contributed by atoms with Crippen LogP contribution in [0.15, 0.2) is 4.99 Å². The van der Waals surface area contributed by atoms with Gasteiger partial charge in [0.1, 0.15) is 0 Å². The number of hydrogen-bond acceptors (Lipinski definition) is 2. The molecule has 0 atom stereocenters. The molecule has 0 spiro atoms. The van der Waals surface area contributed by atoms with Gasteiger partial charge in [-0.15, -0.1) is 0 Å². The monoisotopic (exact) mass is 143 g/mol. The van der Waals surface area contributed by atoms with Gasteiger partial charge in [-0.2, -0.15) is 0 Å². The summed E-state index contributed by atoms with van der Waals surface area (Å²) >= 11 is 0. The molecule has 5 nitrogen and oxygen atoms in total. The fraction of sp³-hybridized carbons (Fsp3) is 0.600. The zero-order valence-electron chi connectivity index (χ0n) is 6.47. The largest absolute Gasteiger partial charge is 0.370 e. The van der Waals surface area contributed by atoms with Gasteiger partial charge in [0, 0.05) is 21.1 Å². The summed E-state index contributed by atoms with van der Waals surface area (Å²) in [4.78, 5) is 5.22. The second-order valence-electron chi connectivity index (χ2n) is 1.98. The molecule has 58 valence electrons. The standard InChI is InChI=1S/C5H13N5/c1-8-4(6)9-5(7)10(2)3/h1-3H3,(H4,6,7,8,9). The van der Waals surface area contributed by atoms with Crippen molar-refractivity contribution in [3.63, 3.8) is 0 Å². The Bertz CT molecular complexity index is 148. The zero-order valence-corrected chi connectivity index (χ0v) is 6.47. The van der Waals surface area contributed by atoms with E-state index in [2.05, 4.69) is 10.3 Å². The third-order valence-electron chi connectivity index (χ3n) is 0.935. The predicted molar refractivity (Wildman–Crippen MR) is 42.1 cm³/mol. The van der Waals surface area contributed by atoms with Gasteiger partial charge in [-0.1, -0.05) is 0 Å². The van der Waals surface area contributed by atoms with Crippen LogP contribution in [0.3, 0.4) is 0 Å². The van der Waals surface area contributed by atoms with Gasteiger partial charge in [0.25, 0.3) is 0 Å². The number of hydrogen-bond donors (Lipinski definition) is 3. The normalized spacial score (nSPS) is 10.9. The van der Waals surface area contributed by atoms with Crippen LogP contribution in [-0.4, -0.2) is 38.0 Å². The van der Waals surface area contributed by atoms with E-state index in [0.29, 0.717) is 0 Å². The van der Waals surface area contributed by atoms with E-state index in [4.69, 9.17) is 11.1 Å². The first kappa shape index (κ1) is 8.74. The van der Waals surface area contributed by atoms with Crippen molar-refractivity contribution in [1.82, 2.24) is 10.2 Å². The molecule has 0 radical (unpaired) electrons. The van der Waals surface area contributed by atoms with Crippen molar-refractivity contribution in [2.45, 2.75) is 0 Å². The summed E-state index contributed by atoms with van der Waals surface area (Å²) in [7, 11) is 5.06.